The second-order valence-corrected chi connectivity index (χ2v) is 7.81. The number of methoxy groups -OCH3 is 1. The molecule has 1 aromatic heterocycles. The molecule has 2 aromatic rings. The van der Waals surface area contributed by atoms with E-state index in [0.29, 0.717) is 23.1 Å². The Morgan fingerprint density at radius 3 is 2.37 bits per heavy atom. The number of ketones is 1. The fourth-order valence-corrected chi connectivity index (χ4v) is 3.51. The Kier molecular flexibility index (Phi) is 6.48. The zero-order chi connectivity index (χ0) is 21.9. The third-order valence-corrected chi connectivity index (χ3v) is 5.35. The molecular weight excluding hydrogens is 392 g/mol. The lowest BCUT2D eigenvalue weighted by atomic mass is 9.88. The molecule has 0 spiro atoms. The molecule has 1 fully saturated rings. The van der Waals surface area contributed by atoms with Crippen molar-refractivity contribution in [3.05, 3.63) is 58.8 Å². The molecule has 7 heteroatoms. The molecule has 1 heterocycles. The highest BCUT2D eigenvalue weighted by Crippen LogP contribution is 2.44. The van der Waals surface area contributed by atoms with E-state index in [1.165, 1.54) is 12.1 Å². The van der Waals surface area contributed by atoms with Crippen LogP contribution in [0.25, 0.3) is 0 Å². The minimum Gasteiger partial charge on any atom is -0.481 e. The van der Waals surface area contributed by atoms with Crippen molar-refractivity contribution < 1.29 is 28.2 Å². The molecule has 1 atom stereocenters. The molecule has 1 aromatic carbocycles. The van der Waals surface area contributed by atoms with E-state index in [-0.39, 0.29) is 30.6 Å². The van der Waals surface area contributed by atoms with Crippen molar-refractivity contribution in [3.8, 4) is 5.88 Å². The van der Waals surface area contributed by atoms with Gasteiger partial charge in [0, 0.05) is 36.8 Å². The number of carboxylic acids is 1. The van der Waals surface area contributed by atoms with E-state index in [2.05, 4.69) is 4.98 Å². The van der Waals surface area contributed by atoms with E-state index in [0.717, 1.165) is 25.3 Å². The Labute approximate surface area is 174 Å². The van der Waals surface area contributed by atoms with Crippen LogP contribution in [0.5, 0.6) is 5.88 Å². The molecule has 30 heavy (non-hydrogen) atoms. The van der Waals surface area contributed by atoms with Crippen LogP contribution in [0.15, 0.2) is 36.4 Å². The summed E-state index contributed by atoms with van der Waals surface area (Å²) in [5, 5.41) is 8.84. The van der Waals surface area contributed by atoms with E-state index in [1.807, 2.05) is 12.1 Å². The van der Waals surface area contributed by atoms with Gasteiger partial charge in [-0.15, -0.1) is 0 Å². The van der Waals surface area contributed by atoms with Gasteiger partial charge in [0.15, 0.2) is 0 Å². The maximum Gasteiger partial charge on any atom is 0.303 e. The Bertz CT molecular complexity index is 918. The van der Waals surface area contributed by atoms with Crippen LogP contribution >= 0.6 is 0 Å². The van der Waals surface area contributed by atoms with E-state index in [4.69, 9.17) is 9.84 Å². The van der Waals surface area contributed by atoms with Gasteiger partial charge >= 0.3 is 5.97 Å². The number of benzene rings is 1. The minimum absolute atomic E-state index is 0.0358. The number of carboxylic acid groups (broad SMARTS) is 1. The van der Waals surface area contributed by atoms with Crippen molar-refractivity contribution in [2.24, 2.45) is 0 Å². The topological polar surface area (TPSA) is 76.5 Å². The van der Waals surface area contributed by atoms with Gasteiger partial charge < -0.3 is 9.84 Å². The molecule has 160 valence electrons. The number of aliphatic carboxylic acids is 1. The highest BCUT2D eigenvalue weighted by Gasteiger charge is 2.29. The Balaban J connectivity index is 1.93. The summed E-state index contributed by atoms with van der Waals surface area (Å²) in [6.07, 6.45) is 1.87. The van der Waals surface area contributed by atoms with Crippen molar-refractivity contribution in [1.29, 1.82) is 0 Å². The van der Waals surface area contributed by atoms with Gasteiger partial charge in [-0.1, -0.05) is 30.3 Å². The van der Waals surface area contributed by atoms with Gasteiger partial charge in [-0.3, -0.25) is 9.59 Å². The highest BCUT2D eigenvalue weighted by atomic mass is 19.3. The van der Waals surface area contributed by atoms with Crippen LogP contribution in [0.4, 0.5) is 8.78 Å². The van der Waals surface area contributed by atoms with Crippen LogP contribution in [-0.2, 0) is 15.5 Å². The van der Waals surface area contributed by atoms with E-state index in [1.54, 1.807) is 19.2 Å². The van der Waals surface area contributed by atoms with Crippen molar-refractivity contribution in [2.75, 3.05) is 7.11 Å². The SMILES string of the molecule is COc1nc([C@H](CC(=O)CCC(=O)O)c2ccc(C(C)(F)F)cc2)ccc1C1CC1. The van der Waals surface area contributed by atoms with Crippen LogP contribution in [0.3, 0.4) is 0 Å². The molecule has 0 unspecified atom stereocenters. The third kappa shape index (κ3) is 5.40. The minimum atomic E-state index is -2.96. The quantitative estimate of drug-likeness (QED) is 0.586. The number of Topliss-reactive ketones (excluding diaryl/α,β-unsaturated/α-hetero) is 1. The first-order chi connectivity index (χ1) is 14.2. The summed E-state index contributed by atoms with van der Waals surface area (Å²) >= 11 is 0. The third-order valence-electron chi connectivity index (χ3n) is 5.35. The lowest BCUT2D eigenvalue weighted by Crippen LogP contribution is -2.13. The Morgan fingerprint density at radius 1 is 1.17 bits per heavy atom. The van der Waals surface area contributed by atoms with E-state index in [9.17, 15) is 18.4 Å². The monoisotopic (exact) mass is 417 g/mol. The van der Waals surface area contributed by atoms with Crippen LogP contribution < -0.4 is 4.74 Å². The number of nitrogens with zero attached hydrogens (tertiary/aromatic N) is 1. The number of aromatic nitrogens is 1. The molecular formula is C23H25F2NO4. The second kappa shape index (κ2) is 8.90. The fraction of sp³-hybridized carbons (Fsp3) is 0.435. The zero-order valence-corrected chi connectivity index (χ0v) is 17.0. The Hall–Kier alpha value is -2.83. The fourth-order valence-electron chi connectivity index (χ4n) is 3.51. The molecule has 3 rings (SSSR count). The number of hydrogen-bond donors (Lipinski definition) is 1. The molecule has 0 amide bonds. The maximum absolute atomic E-state index is 13.6. The molecule has 1 N–H and O–H groups in total. The summed E-state index contributed by atoms with van der Waals surface area (Å²) in [7, 11) is 1.54. The van der Waals surface area contributed by atoms with Crippen molar-refractivity contribution >= 4 is 11.8 Å². The predicted molar refractivity (Wildman–Crippen MR) is 107 cm³/mol. The highest BCUT2D eigenvalue weighted by molar-refractivity contribution is 5.83. The summed E-state index contributed by atoms with van der Waals surface area (Å²) in [5.74, 6) is -3.76. The first kappa shape index (κ1) is 21.9. The molecule has 0 aliphatic heterocycles. The van der Waals surface area contributed by atoms with Gasteiger partial charge in [0.2, 0.25) is 5.88 Å². The number of hydrogen-bond acceptors (Lipinski definition) is 4. The number of rotatable bonds is 10. The second-order valence-electron chi connectivity index (χ2n) is 7.81. The van der Waals surface area contributed by atoms with Gasteiger partial charge in [0.25, 0.3) is 5.92 Å². The number of carbonyl (C=O) groups excluding carboxylic acids is 1. The molecule has 1 aliphatic carbocycles. The van der Waals surface area contributed by atoms with Gasteiger partial charge in [0.05, 0.1) is 19.2 Å². The molecule has 0 saturated heterocycles. The van der Waals surface area contributed by atoms with E-state index >= 15 is 0 Å². The summed E-state index contributed by atoms with van der Waals surface area (Å²) in [5.41, 5.74) is 2.17. The normalized spacial score (nSPS) is 14.9. The first-order valence-corrected chi connectivity index (χ1v) is 9.95. The average Bonchev–Trinajstić information content (AvgIpc) is 3.54. The predicted octanol–water partition coefficient (Wildman–Crippen LogP) is 5.04. The van der Waals surface area contributed by atoms with Crippen LogP contribution in [-0.4, -0.2) is 29.0 Å². The number of carbonyl (C=O) groups is 2. The summed E-state index contributed by atoms with van der Waals surface area (Å²) in [6, 6.07) is 9.63. The summed E-state index contributed by atoms with van der Waals surface area (Å²) < 4.78 is 32.6. The molecule has 0 radical (unpaired) electrons. The summed E-state index contributed by atoms with van der Waals surface area (Å²) in [6.45, 7) is 0.831. The largest absolute Gasteiger partial charge is 0.481 e. The van der Waals surface area contributed by atoms with Crippen LogP contribution in [0.2, 0.25) is 0 Å². The lowest BCUT2D eigenvalue weighted by Gasteiger charge is -2.19. The number of halogens is 2. The van der Waals surface area contributed by atoms with Gasteiger partial charge in [-0.2, -0.15) is 0 Å². The zero-order valence-electron chi connectivity index (χ0n) is 17.0. The van der Waals surface area contributed by atoms with Crippen molar-refractivity contribution in [2.45, 2.75) is 56.8 Å². The van der Waals surface area contributed by atoms with Crippen LogP contribution in [0.1, 0.15) is 73.2 Å². The Morgan fingerprint density at radius 2 is 1.83 bits per heavy atom. The first-order valence-electron chi connectivity index (χ1n) is 9.95. The van der Waals surface area contributed by atoms with Gasteiger partial charge in [-0.25, -0.2) is 13.8 Å². The smallest absolute Gasteiger partial charge is 0.303 e. The summed E-state index contributed by atoms with van der Waals surface area (Å²) in [4.78, 5) is 27.8. The maximum atomic E-state index is 13.6. The average molecular weight is 417 g/mol. The molecule has 1 aliphatic rings. The molecule has 0 bridgehead atoms. The van der Waals surface area contributed by atoms with Gasteiger partial charge in [0.1, 0.15) is 5.78 Å². The van der Waals surface area contributed by atoms with Gasteiger partial charge in [-0.05, 0) is 30.4 Å². The van der Waals surface area contributed by atoms with Crippen LogP contribution in [0, 0.1) is 0 Å². The molecule has 5 nitrogen and oxygen atoms in total. The van der Waals surface area contributed by atoms with Crippen molar-refractivity contribution in [3.63, 3.8) is 0 Å². The lowest BCUT2D eigenvalue weighted by molar-refractivity contribution is -0.138. The standard InChI is InChI=1S/C23H25F2NO4/c1-23(24,25)16-7-5-15(6-8-16)19(13-17(27)9-12-21(28)29)20-11-10-18(14-3-4-14)22(26-20)30-2/h5-8,10-11,14,19H,3-4,9,12-13H2,1-2H3,(H,28,29)/t19-/m1/s1. The molecule has 1 saturated carbocycles. The van der Waals surface area contributed by atoms with Crippen molar-refractivity contribution in [1.82, 2.24) is 4.98 Å². The number of pyridine rings is 1. The van der Waals surface area contributed by atoms with E-state index < -0.39 is 17.8 Å². The number of ether oxygens (including phenoxy) is 1. The number of alkyl halides is 2.